The second kappa shape index (κ2) is 7.76. The van der Waals surface area contributed by atoms with E-state index in [2.05, 4.69) is 54.1 Å². The number of nitrogens with one attached hydrogen (secondary N) is 1. The normalized spacial score (nSPS) is 19.4. The fourth-order valence-electron chi connectivity index (χ4n) is 3.06. The van der Waals surface area contributed by atoms with Crippen LogP contribution < -0.4 is 10.2 Å². The summed E-state index contributed by atoms with van der Waals surface area (Å²) < 4.78 is 0. The summed E-state index contributed by atoms with van der Waals surface area (Å²) in [6.07, 6.45) is 3.20. The van der Waals surface area contributed by atoms with Crippen molar-refractivity contribution in [2.45, 2.75) is 26.8 Å². The average Bonchev–Trinajstić information content (AvgIpc) is 2.84. The highest BCUT2D eigenvalue weighted by Gasteiger charge is 2.21. The first kappa shape index (κ1) is 16.2. The Balaban J connectivity index is 1.94. The Morgan fingerprint density at radius 3 is 2.95 bits per heavy atom. The van der Waals surface area contributed by atoms with Crippen LogP contribution in [0.3, 0.4) is 0 Å². The molecule has 1 aliphatic heterocycles. The number of aromatic nitrogens is 1. The molecule has 0 aliphatic carbocycles. The van der Waals surface area contributed by atoms with Crippen molar-refractivity contribution < 1.29 is 0 Å². The number of pyridine rings is 1. The van der Waals surface area contributed by atoms with Crippen molar-refractivity contribution in [3.8, 4) is 0 Å². The molecule has 0 spiro atoms. The Hall–Kier alpha value is -1.13. The average molecular weight is 290 g/mol. The zero-order valence-corrected chi connectivity index (χ0v) is 14.0. The highest BCUT2D eigenvalue weighted by Crippen LogP contribution is 2.21. The topological polar surface area (TPSA) is 31.4 Å². The summed E-state index contributed by atoms with van der Waals surface area (Å²) in [5.41, 5.74) is 1.30. The van der Waals surface area contributed by atoms with Gasteiger partial charge in [0.05, 0.1) is 0 Å². The van der Waals surface area contributed by atoms with Gasteiger partial charge in [0.25, 0.3) is 0 Å². The Kier molecular flexibility index (Phi) is 6.00. The van der Waals surface area contributed by atoms with Crippen LogP contribution in [0.2, 0.25) is 0 Å². The monoisotopic (exact) mass is 290 g/mol. The molecule has 0 aromatic carbocycles. The Labute approximate surface area is 129 Å². The van der Waals surface area contributed by atoms with E-state index in [1.807, 2.05) is 12.3 Å². The van der Waals surface area contributed by atoms with Crippen molar-refractivity contribution in [3.05, 3.63) is 23.9 Å². The summed E-state index contributed by atoms with van der Waals surface area (Å²) in [5.74, 6) is 2.57. The van der Waals surface area contributed by atoms with E-state index in [9.17, 15) is 0 Å². The lowest BCUT2D eigenvalue weighted by Crippen LogP contribution is -2.29. The lowest BCUT2D eigenvalue weighted by molar-refractivity contribution is 0.395. The first-order chi connectivity index (χ1) is 10.1. The predicted molar refractivity (Wildman–Crippen MR) is 89.7 cm³/mol. The van der Waals surface area contributed by atoms with Gasteiger partial charge in [-0.1, -0.05) is 19.9 Å². The maximum absolute atomic E-state index is 4.61. The van der Waals surface area contributed by atoms with E-state index >= 15 is 0 Å². The van der Waals surface area contributed by atoms with Crippen molar-refractivity contribution in [2.24, 2.45) is 11.8 Å². The summed E-state index contributed by atoms with van der Waals surface area (Å²) >= 11 is 0. The van der Waals surface area contributed by atoms with E-state index in [1.54, 1.807) is 0 Å². The first-order valence-corrected chi connectivity index (χ1v) is 8.10. The molecular formula is C17H30N4. The van der Waals surface area contributed by atoms with Crippen molar-refractivity contribution in [2.75, 3.05) is 45.2 Å². The summed E-state index contributed by atoms with van der Waals surface area (Å²) in [7, 11) is 4.38. The van der Waals surface area contributed by atoms with Crippen molar-refractivity contribution in [3.63, 3.8) is 0 Å². The van der Waals surface area contributed by atoms with Gasteiger partial charge in [-0.3, -0.25) is 0 Å². The maximum atomic E-state index is 4.61. The van der Waals surface area contributed by atoms with E-state index in [4.69, 9.17) is 0 Å². The highest BCUT2D eigenvalue weighted by molar-refractivity contribution is 5.46. The van der Waals surface area contributed by atoms with Gasteiger partial charge >= 0.3 is 0 Å². The Bertz CT molecular complexity index is 433. The van der Waals surface area contributed by atoms with Crippen molar-refractivity contribution in [1.82, 2.24) is 15.2 Å². The van der Waals surface area contributed by atoms with E-state index in [1.165, 1.54) is 25.1 Å². The van der Waals surface area contributed by atoms with Gasteiger partial charge in [-0.25, -0.2) is 4.98 Å². The van der Waals surface area contributed by atoms with Crippen molar-refractivity contribution >= 4 is 5.82 Å². The molecule has 1 aromatic rings. The van der Waals surface area contributed by atoms with E-state index in [0.29, 0.717) is 5.92 Å². The van der Waals surface area contributed by atoms with Gasteiger partial charge < -0.3 is 15.1 Å². The summed E-state index contributed by atoms with van der Waals surface area (Å²) in [6.45, 7) is 9.95. The number of rotatable bonds is 7. The Morgan fingerprint density at radius 1 is 1.48 bits per heavy atom. The van der Waals surface area contributed by atoms with Crippen LogP contribution in [0.1, 0.15) is 25.8 Å². The molecule has 118 valence electrons. The van der Waals surface area contributed by atoms with Gasteiger partial charge in [-0.05, 0) is 44.5 Å². The highest BCUT2D eigenvalue weighted by atomic mass is 15.2. The number of nitrogens with zero attached hydrogens (tertiary/aromatic N) is 3. The number of likely N-dealkylation sites (tertiary alicyclic amines) is 1. The maximum Gasteiger partial charge on any atom is 0.132 e. The van der Waals surface area contributed by atoms with Gasteiger partial charge in [-0.2, -0.15) is 0 Å². The van der Waals surface area contributed by atoms with Crippen LogP contribution in [0.4, 0.5) is 5.82 Å². The minimum atomic E-state index is 0.678. The van der Waals surface area contributed by atoms with Crippen LogP contribution in [-0.2, 0) is 6.54 Å². The summed E-state index contributed by atoms with van der Waals surface area (Å²) in [5, 5.41) is 3.52. The SMILES string of the molecule is CC(C)CNCc1cccnc1N(C)CC1CCN(C)C1. The van der Waals surface area contributed by atoms with Gasteiger partial charge in [0, 0.05) is 38.4 Å². The lowest BCUT2D eigenvalue weighted by atomic mass is 10.1. The minimum absolute atomic E-state index is 0.678. The third-order valence-electron chi connectivity index (χ3n) is 4.12. The largest absolute Gasteiger partial charge is 0.359 e. The standard InChI is InChI=1S/C17H30N4/c1-14(2)10-18-11-16-6-5-8-19-17(16)21(4)13-15-7-9-20(3)12-15/h5-6,8,14-15,18H,7,9-13H2,1-4H3. The van der Waals surface area contributed by atoms with Crippen molar-refractivity contribution in [1.29, 1.82) is 0 Å². The zero-order valence-electron chi connectivity index (χ0n) is 14.0. The van der Waals surface area contributed by atoms with Crippen LogP contribution >= 0.6 is 0 Å². The molecule has 4 heteroatoms. The molecule has 1 N–H and O–H groups in total. The van der Waals surface area contributed by atoms with Gasteiger partial charge in [0.15, 0.2) is 0 Å². The predicted octanol–water partition coefficient (Wildman–Crippen LogP) is 2.22. The molecule has 0 saturated carbocycles. The zero-order chi connectivity index (χ0) is 15.2. The molecule has 4 nitrogen and oxygen atoms in total. The quantitative estimate of drug-likeness (QED) is 0.834. The molecule has 0 radical (unpaired) electrons. The Morgan fingerprint density at radius 2 is 2.29 bits per heavy atom. The van der Waals surface area contributed by atoms with Crippen LogP contribution in [0.15, 0.2) is 18.3 Å². The molecule has 1 atom stereocenters. The van der Waals surface area contributed by atoms with Crippen LogP contribution in [0.5, 0.6) is 0 Å². The van der Waals surface area contributed by atoms with Crippen LogP contribution in [0, 0.1) is 11.8 Å². The second-order valence-corrected chi connectivity index (χ2v) is 6.81. The fourth-order valence-corrected chi connectivity index (χ4v) is 3.06. The molecule has 1 unspecified atom stereocenters. The number of hydrogen-bond acceptors (Lipinski definition) is 4. The molecule has 2 rings (SSSR count). The molecule has 0 amide bonds. The van der Waals surface area contributed by atoms with E-state index in [0.717, 1.165) is 31.4 Å². The minimum Gasteiger partial charge on any atom is -0.359 e. The summed E-state index contributed by atoms with van der Waals surface area (Å²) in [4.78, 5) is 9.36. The summed E-state index contributed by atoms with van der Waals surface area (Å²) in [6, 6.07) is 4.22. The molecule has 21 heavy (non-hydrogen) atoms. The molecule has 1 aliphatic rings. The lowest BCUT2D eigenvalue weighted by Gasteiger charge is -2.24. The van der Waals surface area contributed by atoms with Crippen LogP contribution in [-0.4, -0.2) is 50.2 Å². The molecule has 1 aromatic heterocycles. The first-order valence-electron chi connectivity index (χ1n) is 8.10. The third kappa shape index (κ3) is 4.97. The van der Waals surface area contributed by atoms with Gasteiger partial charge in [-0.15, -0.1) is 0 Å². The smallest absolute Gasteiger partial charge is 0.132 e. The van der Waals surface area contributed by atoms with Crippen LogP contribution in [0.25, 0.3) is 0 Å². The van der Waals surface area contributed by atoms with E-state index in [-0.39, 0.29) is 0 Å². The van der Waals surface area contributed by atoms with E-state index < -0.39 is 0 Å². The molecular weight excluding hydrogens is 260 g/mol. The third-order valence-corrected chi connectivity index (χ3v) is 4.12. The molecule has 2 heterocycles. The number of hydrogen-bond donors (Lipinski definition) is 1. The number of anilines is 1. The van der Waals surface area contributed by atoms with Gasteiger partial charge in [0.1, 0.15) is 5.82 Å². The molecule has 1 fully saturated rings. The molecule has 1 saturated heterocycles. The van der Waals surface area contributed by atoms with Gasteiger partial charge in [0.2, 0.25) is 0 Å². The fraction of sp³-hybridized carbons (Fsp3) is 0.706. The molecule has 0 bridgehead atoms. The second-order valence-electron chi connectivity index (χ2n) is 6.81.